The van der Waals surface area contributed by atoms with Crippen LogP contribution in [-0.4, -0.2) is 13.0 Å². The van der Waals surface area contributed by atoms with Gasteiger partial charge in [0.1, 0.15) is 10.1 Å². The Kier molecular flexibility index (Phi) is 5.16. The zero-order valence-corrected chi connectivity index (χ0v) is 10.9. The van der Waals surface area contributed by atoms with Gasteiger partial charge in [-0.1, -0.05) is 12.1 Å². The van der Waals surface area contributed by atoms with E-state index in [1.54, 1.807) is 19.1 Å². The van der Waals surface area contributed by atoms with Gasteiger partial charge in [0.2, 0.25) is 0 Å². The van der Waals surface area contributed by atoms with Gasteiger partial charge in [0.05, 0.1) is 4.90 Å². The number of hydrogen-bond acceptors (Lipinski definition) is 3. The fraction of sp³-hybridized carbons (Fsp3) is 0.143. The van der Waals surface area contributed by atoms with E-state index in [0.29, 0.717) is 0 Å². The summed E-state index contributed by atoms with van der Waals surface area (Å²) in [5.41, 5.74) is 0.766. The topological polar surface area (TPSA) is 57.2 Å². The number of rotatable bonds is 1. The zero-order chi connectivity index (χ0) is 8.48. The smallest absolute Gasteiger partial charge is 0.744 e. The number of benzene rings is 1. The van der Waals surface area contributed by atoms with Crippen molar-refractivity contribution in [3.8, 4) is 0 Å². The van der Waals surface area contributed by atoms with E-state index in [4.69, 9.17) is 0 Å². The van der Waals surface area contributed by atoms with Gasteiger partial charge in [-0.25, -0.2) is 8.42 Å². The first kappa shape index (κ1) is 12.8. The third kappa shape index (κ3) is 3.65. The molecule has 0 amide bonds. The summed E-state index contributed by atoms with van der Waals surface area (Å²) in [4.78, 5) is -0.169. The fourth-order valence-electron chi connectivity index (χ4n) is 0.771. The zero-order valence-electron chi connectivity index (χ0n) is 6.94. The molecule has 3 nitrogen and oxygen atoms in total. The van der Waals surface area contributed by atoms with Crippen molar-refractivity contribution in [2.75, 3.05) is 0 Å². The molecule has 0 spiro atoms. The van der Waals surface area contributed by atoms with Gasteiger partial charge in [0.15, 0.2) is 0 Å². The molecular formula is C7H7KO3S. The molecule has 1 rings (SSSR count). The van der Waals surface area contributed by atoms with Crippen LogP contribution in [0.4, 0.5) is 0 Å². The van der Waals surface area contributed by atoms with Crippen LogP contribution in [0, 0.1) is 6.92 Å². The summed E-state index contributed by atoms with van der Waals surface area (Å²) < 4.78 is 31.3. The molecule has 60 valence electrons. The molecule has 0 N–H and O–H groups in total. The van der Waals surface area contributed by atoms with Crippen molar-refractivity contribution >= 4 is 10.1 Å². The molecule has 0 atom stereocenters. The van der Waals surface area contributed by atoms with Crippen molar-refractivity contribution in [1.29, 1.82) is 0 Å². The van der Waals surface area contributed by atoms with Crippen molar-refractivity contribution in [3.05, 3.63) is 29.8 Å². The molecule has 0 aromatic heterocycles. The summed E-state index contributed by atoms with van der Waals surface area (Å²) in [6.07, 6.45) is 0. The first-order chi connectivity index (χ1) is 5.00. The van der Waals surface area contributed by atoms with Crippen molar-refractivity contribution < 1.29 is 64.4 Å². The maximum atomic E-state index is 10.4. The van der Waals surface area contributed by atoms with E-state index in [2.05, 4.69) is 0 Å². The average Bonchev–Trinajstić information content (AvgIpc) is 1.86. The molecule has 0 aliphatic rings. The Morgan fingerprint density at radius 2 is 1.92 bits per heavy atom. The van der Waals surface area contributed by atoms with Crippen molar-refractivity contribution in [1.82, 2.24) is 0 Å². The van der Waals surface area contributed by atoms with Crippen LogP contribution >= 0.6 is 0 Å². The Balaban J connectivity index is 0.00000121. The molecule has 0 bridgehead atoms. The van der Waals surface area contributed by atoms with Crippen molar-refractivity contribution in [3.63, 3.8) is 0 Å². The maximum Gasteiger partial charge on any atom is 1.00 e. The van der Waals surface area contributed by atoms with Gasteiger partial charge in [-0.05, 0) is 24.6 Å². The molecule has 0 fully saturated rings. The van der Waals surface area contributed by atoms with Gasteiger partial charge in [-0.15, -0.1) is 0 Å². The molecular weight excluding hydrogens is 203 g/mol. The second-order valence-electron chi connectivity index (χ2n) is 2.27. The van der Waals surface area contributed by atoms with Crippen LogP contribution in [0.3, 0.4) is 0 Å². The summed E-state index contributed by atoms with van der Waals surface area (Å²) in [5, 5.41) is 0. The van der Waals surface area contributed by atoms with E-state index >= 15 is 0 Å². The molecule has 0 aliphatic carbocycles. The molecule has 0 saturated carbocycles. The van der Waals surface area contributed by atoms with Crippen LogP contribution in [0.1, 0.15) is 5.56 Å². The van der Waals surface area contributed by atoms with Crippen LogP contribution < -0.4 is 51.4 Å². The van der Waals surface area contributed by atoms with E-state index < -0.39 is 10.1 Å². The molecule has 0 aliphatic heterocycles. The summed E-state index contributed by atoms with van der Waals surface area (Å²) in [5.74, 6) is 0. The first-order valence-electron chi connectivity index (χ1n) is 3.03. The molecule has 0 heterocycles. The Morgan fingerprint density at radius 1 is 1.33 bits per heavy atom. The molecule has 0 unspecified atom stereocenters. The largest absolute Gasteiger partial charge is 1.00 e. The Morgan fingerprint density at radius 3 is 2.25 bits per heavy atom. The van der Waals surface area contributed by atoms with Crippen LogP contribution in [-0.2, 0) is 10.1 Å². The minimum absolute atomic E-state index is 0. The quantitative estimate of drug-likeness (QED) is 0.394. The first-order valence-corrected chi connectivity index (χ1v) is 4.43. The predicted molar refractivity (Wildman–Crippen MR) is 39.1 cm³/mol. The van der Waals surface area contributed by atoms with Crippen LogP contribution in [0.5, 0.6) is 0 Å². The van der Waals surface area contributed by atoms with Crippen LogP contribution in [0.2, 0.25) is 0 Å². The van der Waals surface area contributed by atoms with E-state index in [1.165, 1.54) is 12.1 Å². The van der Waals surface area contributed by atoms with Crippen LogP contribution in [0.25, 0.3) is 0 Å². The van der Waals surface area contributed by atoms with Gasteiger partial charge < -0.3 is 4.55 Å². The van der Waals surface area contributed by atoms with Crippen molar-refractivity contribution in [2.45, 2.75) is 11.8 Å². The van der Waals surface area contributed by atoms with Gasteiger partial charge in [-0.2, -0.15) is 0 Å². The third-order valence-corrected chi connectivity index (χ3v) is 2.11. The summed E-state index contributed by atoms with van der Waals surface area (Å²) in [6.45, 7) is 1.73. The third-order valence-electron chi connectivity index (χ3n) is 1.28. The Hall–Kier alpha value is 0.766. The SMILES string of the molecule is Cc1cccc(S(=O)(=O)[O-])c1.[K+]. The summed E-state index contributed by atoms with van der Waals surface area (Å²) in [6, 6.07) is 5.91. The van der Waals surface area contributed by atoms with E-state index in [0.717, 1.165) is 5.56 Å². The number of aryl methyl sites for hydroxylation is 1. The molecule has 0 saturated heterocycles. The predicted octanol–water partition coefficient (Wildman–Crippen LogP) is -2.10. The second-order valence-corrected chi connectivity index (χ2v) is 3.65. The monoisotopic (exact) mass is 210 g/mol. The molecule has 1 aromatic carbocycles. The molecule has 5 heteroatoms. The van der Waals surface area contributed by atoms with Gasteiger partial charge in [-0.3, -0.25) is 0 Å². The maximum absolute atomic E-state index is 10.4. The molecule has 0 radical (unpaired) electrons. The van der Waals surface area contributed by atoms with Crippen molar-refractivity contribution in [2.24, 2.45) is 0 Å². The normalized spacial score (nSPS) is 10.5. The van der Waals surface area contributed by atoms with Gasteiger partial charge in [0.25, 0.3) is 0 Å². The minimum Gasteiger partial charge on any atom is -0.744 e. The summed E-state index contributed by atoms with van der Waals surface area (Å²) >= 11 is 0. The molecule has 1 aromatic rings. The van der Waals surface area contributed by atoms with E-state index in [-0.39, 0.29) is 56.3 Å². The number of hydrogen-bond donors (Lipinski definition) is 0. The summed E-state index contributed by atoms with van der Waals surface area (Å²) in [7, 11) is -4.28. The second kappa shape index (κ2) is 4.85. The van der Waals surface area contributed by atoms with Gasteiger partial charge in [0, 0.05) is 0 Å². The van der Waals surface area contributed by atoms with Gasteiger partial charge >= 0.3 is 51.4 Å². The molecule has 12 heavy (non-hydrogen) atoms. The average molecular weight is 210 g/mol. The Labute approximate surface area is 114 Å². The Bertz CT molecular complexity index is 359. The van der Waals surface area contributed by atoms with Crippen LogP contribution in [0.15, 0.2) is 29.2 Å². The van der Waals surface area contributed by atoms with E-state index in [9.17, 15) is 13.0 Å². The van der Waals surface area contributed by atoms with E-state index in [1.807, 2.05) is 0 Å². The standard InChI is InChI=1S/C7H8O3S.K/c1-6-3-2-4-7(5-6)11(8,9)10;/h2-5H,1H3,(H,8,9,10);/q;+1/p-1. The fourth-order valence-corrected chi connectivity index (χ4v) is 1.35. The minimum atomic E-state index is -4.28.